The lowest BCUT2D eigenvalue weighted by molar-refractivity contribution is -0.384. The Morgan fingerprint density at radius 3 is 2.79 bits per heavy atom. The van der Waals surface area contributed by atoms with Gasteiger partial charge in [0.25, 0.3) is 5.69 Å². The second-order valence-electron chi connectivity index (χ2n) is 4.51. The molecule has 1 heterocycles. The van der Waals surface area contributed by atoms with E-state index in [-0.39, 0.29) is 5.69 Å². The number of nitrogens with zero attached hydrogens (tertiary/aromatic N) is 2. The third-order valence-electron chi connectivity index (χ3n) is 3.05. The molecule has 0 aliphatic rings. The Kier molecular flexibility index (Phi) is 3.34. The first-order chi connectivity index (χ1) is 9.05. The number of hydrogen-bond acceptors (Lipinski definition) is 4. The molecule has 0 N–H and O–H groups in total. The molecule has 0 aliphatic heterocycles. The molecule has 1 aromatic carbocycles. The number of furan rings is 1. The van der Waals surface area contributed by atoms with E-state index in [2.05, 4.69) is 6.07 Å². The number of hydrogen-bond donors (Lipinski definition) is 0. The number of nitro benzene ring substituents is 1. The van der Waals surface area contributed by atoms with Crippen LogP contribution < -0.4 is 0 Å². The van der Waals surface area contributed by atoms with Crippen molar-refractivity contribution in [2.45, 2.75) is 18.8 Å². The van der Waals surface area contributed by atoms with Crippen molar-refractivity contribution in [2.24, 2.45) is 0 Å². The predicted molar refractivity (Wildman–Crippen MR) is 68.5 cm³/mol. The van der Waals surface area contributed by atoms with Crippen LogP contribution in [0.4, 0.5) is 5.69 Å². The van der Waals surface area contributed by atoms with E-state index < -0.39 is 10.3 Å². The Labute approximate surface area is 110 Å². The lowest BCUT2D eigenvalue weighted by atomic mass is 9.80. The molecular formula is C14H12N2O3. The van der Waals surface area contributed by atoms with Crippen molar-refractivity contribution >= 4 is 5.69 Å². The molecule has 1 unspecified atom stereocenters. The van der Waals surface area contributed by atoms with E-state index >= 15 is 0 Å². The number of benzene rings is 1. The Bertz CT molecular complexity index is 628. The van der Waals surface area contributed by atoms with Crippen molar-refractivity contribution in [3.05, 3.63) is 64.1 Å². The smallest absolute Gasteiger partial charge is 0.269 e. The van der Waals surface area contributed by atoms with Crippen LogP contribution in [0.1, 0.15) is 18.2 Å². The normalized spacial score (nSPS) is 13.5. The van der Waals surface area contributed by atoms with Gasteiger partial charge in [-0.2, -0.15) is 5.26 Å². The summed E-state index contributed by atoms with van der Waals surface area (Å²) in [5.74, 6) is 0.676. The molecule has 0 fully saturated rings. The first-order valence-corrected chi connectivity index (χ1v) is 5.74. The molecule has 0 saturated carbocycles. The molecule has 5 heteroatoms. The zero-order chi connectivity index (χ0) is 13.9. The van der Waals surface area contributed by atoms with E-state index in [0.29, 0.717) is 17.7 Å². The van der Waals surface area contributed by atoms with Crippen molar-refractivity contribution in [1.82, 2.24) is 0 Å². The highest BCUT2D eigenvalue weighted by atomic mass is 16.6. The van der Waals surface area contributed by atoms with Crippen molar-refractivity contribution in [2.75, 3.05) is 0 Å². The monoisotopic (exact) mass is 256 g/mol. The zero-order valence-corrected chi connectivity index (χ0v) is 10.4. The summed E-state index contributed by atoms with van der Waals surface area (Å²) in [6.45, 7) is 1.74. The van der Waals surface area contributed by atoms with Gasteiger partial charge >= 0.3 is 0 Å². The van der Waals surface area contributed by atoms with Crippen LogP contribution in [-0.4, -0.2) is 4.92 Å². The van der Waals surface area contributed by atoms with Crippen LogP contribution in [0.25, 0.3) is 0 Å². The number of rotatable bonds is 4. The maximum absolute atomic E-state index is 10.8. The zero-order valence-electron chi connectivity index (χ0n) is 10.4. The van der Waals surface area contributed by atoms with Crippen LogP contribution in [0.3, 0.4) is 0 Å². The summed E-state index contributed by atoms with van der Waals surface area (Å²) < 4.78 is 5.25. The molecule has 2 aromatic rings. The molecule has 1 aromatic heterocycles. The van der Waals surface area contributed by atoms with Crippen molar-refractivity contribution in [3.8, 4) is 6.07 Å². The summed E-state index contributed by atoms with van der Waals surface area (Å²) >= 11 is 0. The summed E-state index contributed by atoms with van der Waals surface area (Å²) in [5.41, 5.74) is -0.261. The minimum absolute atomic E-state index is 0.0154. The molecule has 0 aliphatic carbocycles. The van der Waals surface area contributed by atoms with Gasteiger partial charge < -0.3 is 4.42 Å². The summed E-state index contributed by atoms with van der Waals surface area (Å²) in [5, 5.41) is 20.2. The summed E-state index contributed by atoms with van der Waals surface area (Å²) in [4.78, 5) is 10.3. The van der Waals surface area contributed by atoms with Gasteiger partial charge in [0.1, 0.15) is 5.76 Å². The molecule has 0 spiro atoms. The molecule has 19 heavy (non-hydrogen) atoms. The maximum Gasteiger partial charge on any atom is 0.269 e. The Morgan fingerprint density at radius 2 is 2.21 bits per heavy atom. The molecule has 0 saturated heterocycles. The SMILES string of the molecule is CC(C#N)(Cc1ccco1)c1cccc([N+](=O)[O-])c1. The lowest BCUT2D eigenvalue weighted by Crippen LogP contribution is -2.22. The summed E-state index contributed by atoms with van der Waals surface area (Å²) in [6, 6.07) is 11.9. The third-order valence-corrected chi connectivity index (χ3v) is 3.05. The van der Waals surface area contributed by atoms with Crippen LogP contribution in [0.15, 0.2) is 47.1 Å². The van der Waals surface area contributed by atoms with Gasteiger partial charge in [-0.25, -0.2) is 0 Å². The van der Waals surface area contributed by atoms with Crippen molar-refractivity contribution < 1.29 is 9.34 Å². The van der Waals surface area contributed by atoms with Gasteiger partial charge in [0.15, 0.2) is 0 Å². The van der Waals surface area contributed by atoms with Gasteiger partial charge in [-0.1, -0.05) is 12.1 Å². The van der Waals surface area contributed by atoms with Crippen LogP contribution in [0.2, 0.25) is 0 Å². The van der Waals surface area contributed by atoms with Crippen LogP contribution in [0.5, 0.6) is 0 Å². The van der Waals surface area contributed by atoms with Gasteiger partial charge in [-0.15, -0.1) is 0 Å². The molecule has 0 amide bonds. The molecule has 0 radical (unpaired) electrons. The number of nitriles is 1. The largest absolute Gasteiger partial charge is 0.469 e. The Hall–Kier alpha value is -2.61. The summed E-state index contributed by atoms with van der Waals surface area (Å²) in [7, 11) is 0. The first-order valence-electron chi connectivity index (χ1n) is 5.74. The standard InChI is InChI=1S/C14H12N2O3/c1-14(10-15,9-13-6-3-7-19-13)11-4-2-5-12(8-11)16(17)18/h2-8H,9H2,1H3. The van der Waals surface area contributed by atoms with E-state index in [9.17, 15) is 15.4 Å². The van der Waals surface area contributed by atoms with E-state index in [0.717, 1.165) is 0 Å². The van der Waals surface area contributed by atoms with Gasteiger partial charge in [0.05, 0.1) is 22.7 Å². The second-order valence-corrected chi connectivity index (χ2v) is 4.51. The lowest BCUT2D eigenvalue weighted by Gasteiger charge is -2.20. The molecular weight excluding hydrogens is 244 g/mol. The quantitative estimate of drug-likeness (QED) is 0.621. The van der Waals surface area contributed by atoms with Crippen LogP contribution in [-0.2, 0) is 11.8 Å². The van der Waals surface area contributed by atoms with Gasteiger partial charge in [0.2, 0.25) is 0 Å². The molecule has 96 valence electrons. The minimum atomic E-state index is -0.857. The van der Waals surface area contributed by atoms with E-state index in [1.165, 1.54) is 12.1 Å². The summed E-state index contributed by atoms with van der Waals surface area (Å²) in [6.07, 6.45) is 1.91. The van der Waals surface area contributed by atoms with Crippen LogP contribution in [0, 0.1) is 21.4 Å². The highest BCUT2D eigenvalue weighted by Crippen LogP contribution is 2.30. The molecule has 1 atom stereocenters. The molecule has 5 nitrogen and oxygen atoms in total. The number of non-ortho nitro benzene ring substituents is 1. The fourth-order valence-corrected chi connectivity index (χ4v) is 1.93. The fourth-order valence-electron chi connectivity index (χ4n) is 1.93. The maximum atomic E-state index is 10.8. The molecule has 2 rings (SSSR count). The van der Waals surface area contributed by atoms with E-state index in [4.69, 9.17) is 4.42 Å². The molecule has 0 bridgehead atoms. The average Bonchev–Trinajstić information content (AvgIpc) is 2.91. The topological polar surface area (TPSA) is 80.1 Å². The Morgan fingerprint density at radius 1 is 1.42 bits per heavy atom. The number of nitro groups is 1. The van der Waals surface area contributed by atoms with Crippen molar-refractivity contribution in [1.29, 1.82) is 5.26 Å². The predicted octanol–water partition coefficient (Wildman–Crippen LogP) is 3.21. The third kappa shape index (κ3) is 2.63. The van der Waals surface area contributed by atoms with Crippen LogP contribution >= 0.6 is 0 Å². The van der Waals surface area contributed by atoms with Gasteiger partial charge in [0, 0.05) is 18.6 Å². The minimum Gasteiger partial charge on any atom is -0.469 e. The van der Waals surface area contributed by atoms with Gasteiger partial charge in [-0.3, -0.25) is 10.1 Å². The van der Waals surface area contributed by atoms with E-state index in [1.54, 1.807) is 37.5 Å². The average molecular weight is 256 g/mol. The van der Waals surface area contributed by atoms with Gasteiger partial charge in [-0.05, 0) is 24.6 Å². The second kappa shape index (κ2) is 4.94. The first kappa shape index (κ1) is 12.8. The van der Waals surface area contributed by atoms with Crippen molar-refractivity contribution in [3.63, 3.8) is 0 Å². The Balaban J connectivity index is 2.38. The van der Waals surface area contributed by atoms with E-state index in [1.807, 2.05) is 0 Å². The fraction of sp³-hybridized carbons (Fsp3) is 0.214. The highest BCUT2D eigenvalue weighted by molar-refractivity contribution is 5.41. The highest BCUT2D eigenvalue weighted by Gasteiger charge is 2.29.